The molecular weight excluding hydrogens is 399 g/mol. The number of piperazine rings is 1. The van der Waals surface area contributed by atoms with Crippen molar-refractivity contribution in [2.45, 2.75) is 29.8 Å². The number of azo groups is 1. The molecule has 0 N–H and O–H groups in total. The lowest BCUT2D eigenvalue weighted by molar-refractivity contribution is -0.129. The average molecular weight is 415 g/mol. The summed E-state index contributed by atoms with van der Waals surface area (Å²) in [6.07, 6.45) is 2.89. The largest absolute Gasteiger partial charge is 0.336 e. The molecule has 0 spiro atoms. The lowest BCUT2D eigenvalue weighted by Crippen LogP contribution is -2.57. The first kappa shape index (κ1) is 17.9. The normalized spacial score (nSPS) is 25.6. The lowest BCUT2D eigenvalue weighted by Gasteiger charge is -2.40. The molecule has 3 aliphatic heterocycles. The molecule has 4 rings (SSSR count). The Morgan fingerprint density at radius 3 is 2.46 bits per heavy atom. The summed E-state index contributed by atoms with van der Waals surface area (Å²) in [6, 6.07) is 3.88. The van der Waals surface area contributed by atoms with Crippen LogP contribution in [-0.4, -0.2) is 55.2 Å². The Morgan fingerprint density at radius 1 is 1.15 bits per heavy atom. The van der Waals surface area contributed by atoms with Gasteiger partial charge in [-0.3, -0.25) is 4.79 Å². The number of rotatable bonds is 3. The standard InChI is InChI=1S/C16H16Cl2N4O3S/c17-11-1-4-14(18)15(5-11)26(24,25)22-12-2-3-13(22)9-21(8-12)16(23)10-6-19-20-7-10/h1,4-6,12-13H,2-3,7-9H2. The van der Waals surface area contributed by atoms with Crippen LogP contribution in [0.15, 0.2) is 45.1 Å². The molecular formula is C16H16Cl2N4O3S. The van der Waals surface area contributed by atoms with Gasteiger partial charge in [0.1, 0.15) is 4.90 Å². The Bertz CT molecular complexity index is 917. The van der Waals surface area contributed by atoms with E-state index in [1.54, 1.807) is 11.0 Å². The lowest BCUT2D eigenvalue weighted by atomic mass is 10.2. The average Bonchev–Trinajstić information content (AvgIpc) is 3.23. The van der Waals surface area contributed by atoms with Gasteiger partial charge in [0, 0.05) is 30.2 Å². The summed E-state index contributed by atoms with van der Waals surface area (Å²) in [7, 11) is -3.79. The van der Waals surface area contributed by atoms with E-state index in [0.29, 0.717) is 36.5 Å². The van der Waals surface area contributed by atoms with Gasteiger partial charge in [0.2, 0.25) is 10.0 Å². The van der Waals surface area contributed by atoms with Crippen molar-refractivity contribution in [3.63, 3.8) is 0 Å². The molecule has 2 bridgehead atoms. The van der Waals surface area contributed by atoms with Gasteiger partial charge >= 0.3 is 0 Å². The van der Waals surface area contributed by atoms with Crippen molar-refractivity contribution in [1.29, 1.82) is 0 Å². The van der Waals surface area contributed by atoms with Crippen molar-refractivity contribution in [1.82, 2.24) is 9.21 Å². The smallest absolute Gasteiger partial charge is 0.253 e. The molecule has 7 nitrogen and oxygen atoms in total. The monoisotopic (exact) mass is 414 g/mol. The highest BCUT2D eigenvalue weighted by Gasteiger charge is 2.48. The van der Waals surface area contributed by atoms with Crippen LogP contribution >= 0.6 is 23.2 Å². The van der Waals surface area contributed by atoms with Crippen LogP contribution in [0.2, 0.25) is 10.0 Å². The topological polar surface area (TPSA) is 82.4 Å². The Hall–Kier alpha value is -1.48. The van der Waals surface area contributed by atoms with Crippen molar-refractivity contribution in [3.8, 4) is 0 Å². The number of amides is 1. The molecule has 3 aliphatic rings. The molecule has 26 heavy (non-hydrogen) atoms. The first-order chi connectivity index (χ1) is 12.4. The summed E-state index contributed by atoms with van der Waals surface area (Å²) in [5, 5.41) is 7.99. The Labute approximate surface area is 161 Å². The van der Waals surface area contributed by atoms with Crippen LogP contribution in [-0.2, 0) is 14.8 Å². The summed E-state index contributed by atoms with van der Waals surface area (Å²) in [4.78, 5) is 14.3. The number of hydrogen-bond donors (Lipinski definition) is 0. The molecule has 0 aromatic heterocycles. The summed E-state index contributed by atoms with van der Waals surface area (Å²) < 4.78 is 27.9. The maximum absolute atomic E-state index is 13.2. The number of hydrogen-bond acceptors (Lipinski definition) is 5. The van der Waals surface area contributed by atoms with Crippen molar-refractivity contribution in [3.05, 3.63) is 40.0 Å². The maximum atomic E-state index is 13.2. The van der Waals surface area contributed by atoms with Crippen molar-refractivity contribution in [2.75, 3.05) is 19.6 Å². The highest BCUT2D eigenvalue weighted by atomic mass is 35.5. The van der Waals surface area contributed by atoms with E-state index in [9.17, 15) is 13.2 Å². The Balaban J connectivity index is 1.60. The number of benzene rings is 1. The third-order valence-electron chi connectivity index (χ3n) is 4.96. The van der Waals surface area contributed by atoms with Gasteiger partial charge in [0.05, 0.1) is 23.3 Å². The summed E-state index contributed by atoms with van der Waals surface area (Å²) in [5.41, 5.74) is 0.540. The quantitative estimate of drug-likeness (QED) is 0.761. The molecule has 1 amide bonds. The van der Waals surface area contributed by atoms with Crippen molar-refractivity contribution >= 4 is 39.1 Å². The second-order valence-electron chi connectivity index (χ2n) is 6.57. The van der Waals surface area contributed by atoms with Gasteiger partial charge < -0.3 is 4.90 Å². The fourth-order valence-electron chi connectivity index (χ4n) is 3.81. The molecule has 2 saturated heterocycles. The Morgan fingerprint density at radius 2 is 1.85 bits per heavy atom. The second-order valence-corrected chi connectivity index (χ2v) is 9.23. The number of likely N-dealkylation sites (tertiary alicyclic amines) is 1. The first-order valence-electron chi connectivity index (χ1n) is 8.21. The van der Waals surface area contributed by atoms with E-state index in [1.807, 2.05) is 0 Å². The van der Waals surface area contributed by atoms with Crippen molar-refractivity contribution < 1.29 is 13.2 Å². The minimum atomic E-state index is -3.79. The number of sulfonamides is 1. The Kier molecular flexibility index (Phi) is 4.54. The van der Waals surface area contributed by atoms with E-state index in [4.69, 9.17) is 23.2 Å². The van der Waals surface area contributed by atoms with E-state index in [0.717, 1.165) is 0 Å². The van der Waals surface area contributed by atoms with Crippen LogP contribution in [0.5, 0.6) is 0 Å². The molecule has 10 heteroatoms. The predicted octanol–water partition coefficient (Wildman–Crippen LogP) is 2.71. The molecule has 2 atom stereocenters. The van der Waals surface area contributed by atoms with E-state index in [2.05, 4.69) is 10.2 Å². The summed E-state index contributed by atoms with van der Waals surface area (Å²) >= 11 is 12.1. The van der Waals surface area contributed by atoms with Gasteiger partial charge in [-0.1, -0.05) is 23.2 Å². The van der Waals surface area contributed by atoms with Crippen LogP contribution in [0.1, 0.15) is 12.8 Å². The van der Waals surface area contributed by atoms with Gasteiger partial charge in [0.25, 0.3) is 5.91 Å². The number of fused-ring (bicyclic) bond motifs is 2. The van der Waals surface area contributed by atoms with Crippen LogP contribution in [0.4, 0.5) is 0 Å². The van der Waals surface area contributed by atoms with Crippen LogP contribution < -0.4 is 0 Å². The zero-order chi connectivity index (χ0) is 18.5. The third-order valence-corrected chi connectivity index (χ3v) is 7.68. The van der Waals surface area contributed by atoms with E-state index < -0.39 is 10.0 Å². The molecule has 138 valence electrons. The highest BCUT2D eigenvalue weighted by molar-refractivity contribution is 7.89. The molecule has 1 aromatic carbocycles. The van der Waals surface area contributed by atoms with Gasteiger partial charge in [-0.25, -0.2) is 8.42 Å². The molecule has 0 saturated carbocycles. The highest BCUT2D eigenvalue weighted by Crippen LogP contribution is 2.38. The van der Waals surface area contributed by atoms with Crippen LogP contribution in [0.3, 0.4) is 0 Å². The molecule has 2 fully saturated rings. The number of carbonyl (C=O) groups excluding carboxylic acids is 1. The van der Waals surface area contributed by atoms with Gasteiger partial charge in [-0.2, -0.15) is 14.5 Å². The van der Waals surface area contributed by atoms with Gasteiger partial charge in [-0.05, 0) is 31.0 Å². The number of halogens is 2. The zero-order valence-electron chi connectivity index (χ0n) is 13.7. The van der Waals surface area contributed by atoms with Crippen LogP contribution in [0.25, 0.3) is 0 Å². The SMILES string of the molecule is O=C(C1=CN=NC1)N1CC2CCC(C1)N2S(=O)(=O)c1cc(Cl)ccc1Cl. The number of nitrogens with zero attached hydrogens (tertiary/aromatic N) is 4. The first-order valence-corrected chi connectivity index (χ1v) is 10.4. The minimum Gasteiger partial charge on any atom is -0.336 e. The van der Waals surface area contributed by atoms with E-state index >= 15 is 0 Å². The van der Waals surface area contributed by atoms with Gasteiger partial charge in [-0.15, -0.1) is 0 Å². The molecule has 3 heterocycles. The van der Waals surface area contributed by atoms with Crippen LogP contribution in [0, 0.1) is 0 Å². The molecule has 0 aliphatic carbocycles. The van der Waals surface area contributed by atoms with E-state index in [-0.39, 0.29) is 34.5 Å². The van der Waals surface area contributed by atoms with E-state index in [1.165, 1.54) is 22.6 Å². The molecule has 1 aromatic rings. The second kappa shape index (κ2) is 6.60. The molecule has 2 unspecified atom stereocenters. The summed E-state index contributed by atoms with van der Waals surface area (Å²) in [5.74, 6) is -0.121. The zero-order valence-corrected chi connectivity index (χ0v) is 16.0. The predicted molar refractivity (Wildman–Crippen MR) is 96.7 cm³/mol. The summed E-state index contributed by atoms with van der Waals surface area (Å²) in [6.45, 7) is 0.985. The fraction of sp³-hybridized carbons (Fsp3) is 0.438. The minimum absolute atomic E-state index is 0.0134. The number of carbonyl (C=O) groups is 1. The maximum Gasteiger partial charge on any atom is 0.253 e. The van der Waals surface area contributed by atoms with Crippen molar-refractivity contribution in [2.24, 2.45) is 10.2 Å². The third kappa shape index (κ3) is 2.94. The fourth-order valence-corrected chi connectivity index (χ4v) is 6.40. The molecule has 0 radical (unpaired) electrons. The van der Waals surface area contributed by atoms with Gasteiger partial charge in [0.15, 0.2) is 0 Å².